The molecule has 0 bridgehead atoms. The second-order valence-electron chi connectivity index (χ2n) is 7.91. The second kappa shape index (κ2) is 8.21. The monoisotopic (exact) mass is 523 g/mol. The fraction of sp³-hybridized carbons (Fsp3) is 0.625. The SMILES string of the molecule is C[Si](C)(C)CCOCNc1cc(N2CCS(=O)(=O)CC2)nc2c(I)cnn12. The standard InChI is InChI=1S/C16H26IN5O3SSi/c1-27(2,3)9-6-25-12-18-14-10-15(20-16-13(17)11-19-22(14)16)21-4-7-26(23,24)8-5-21/h10-11,18H,4-9,12H2,1-3H3. The highest BCUT2D eigenvalue weighted by Crippen LogP contribution is 2.23. The third-order valence-electron chi connectivity index (χ3n) is 4.44. The molecule has 2 aromatic heterocycles. The molecule has 150 valence electrons. The van der Waals surface area contributed by atoms with E-state index >= 15 is 0 Å². The molecular formula is C16H26IN5O3SSi. The fourth-order valence-electron chi connectivity index (χ4n) is 2.73. The topological polar surface area (TPSA) is 88.8 Å². The minimum absolute atomic E-state index is 0.165. The molecule has 0 unspecified atom stereocenters. The Balaban J connectivity index is 1.74. The van der Waals surface area contributed by atoms with Gasteiger partial charge in [0.15, 0.2) is 15.5 Å². The molecule has 1 aliphatic heterocycles. The van der Waals surface area contributed by atoms with Crippen LogP contribution in [-0.2, 0) is 14.6 Å². The minimum atomic E-state index is -2.93. The number of ether oxygens (including phenoxy) is 1. The maximum absolute atomic E-state index is 11.7. The number of sulfone groups is 1. The van der Waals surface area contributed by atoms with Crippen LogP contribution in [0.25, 0.3) is 5.65 Å². The van der Waals surface area contributed by atoms with Crippen molar-refractivity contribution in [1.82, 2.24) is 14.6 Å². The second-order valence-corrected chi connectivity index (χ2v) is 17.0. The molecule has 8 nitrogen and oxygen atoms in total. The number of anilines is 2. The number of hydrogen-bond donors (Lipinski definition) is 1. The summed E-state index contributed by atoms with van der Waals surface area (Å²) < 4.78 is 31.9. The molecule has 0 aliphatic carbocycles. The molecule has 0 radical (unpaired) electrons. The van der Waals surface area contributed by atoms with E-state index in [9.17, 15) is 8.42 Å². The van der Waals surface area contributed by atoms with Gasteiger partial charge in [0.25, 0.3) is 0 Å². The molecule has 11 heteroatoms. The number of nitrogens with one attached hydrogen (secondary N) is 1. The van der Waals surface area contributed by atoms with Gasteiger partial charge in [0.05, 0.1) is 21.3 Å². The van der Waals surface area contributed by atoms with E-state index in [-0.39, 0.29) is 11.5 Å². The first-order valence-electron chi connectivity index (χ1n) is 8.96. The van der Waals surface area contributed by atoms with Crippen molar-refractivity contribution < 1.29 is 13.2 Å². The average molecular weight is 523 g/mol. The first-order chi connectivity index (χ1) is 12.6. The van der Waals surface area contributed by atoms with E-state index in [2.05, 4.69) is 52.6 Å². The summed E-state index contributed by atoms with van der Waals surface area (Å²) in [6.45, 7) is 9.04. The highest BCUT2D eigenvalue weighted by Gasteiger charge is 2.24. The molecule has 3 rings (SSSR count). The Morgan fingerprint density at radius 1 is 1.30 bits per heavy atom. The maximum Gasteiger partial charge on any atom is 0.173 e. The van der Waals surface area contributed by atoms with Crippen LogP contribution >= 0.6 is 22.6 Å². The lowest BCUT2D eigenvalue weighted by Gasteiger charge is -2.28. The van der Waals surface area contributed by atoms with Crippen LogP contribution in [0.2, 0.25) is 25.7 Å². The van der Waals surface area contributed by atoms with Crippen LogP contribution in [0, 0.1) is 3.57 Å². The molecule has 1 N–H and O–H groups in total. The molecule has 0 atom stereocenters. The molecule has 1 saturated heterocycles. The van der Waals surface area contributed by atoms with E-state index in [1.165, 1.54) is 0 Å². The smallest absolute Gasteiger partial charge is 0.173 e. The quantitative estimate of drug-likeness (QED) is 0.258. The van der Waals surface area contributed by atoms with Gasteiger partial charge in [-0.3, -0.25) is 0 Å². The van der Waals surface area contributed by atoms with Crippen molar-refractivity contribution in [2.24, 2.45) is 0 Å². The lowest BCUT2D eigenvalue weighted by molar-refractivity contribution is 0.165. The Hall–Kier alpha value is -0.923. The van der Waals surface area contributed by atoms with Gasteiger partial charge in [-0.2, -0.15) is 9.61 Å². The van der Waals surface area contributed by atoms with Crippen molar-refractivity contribution in [2.45, 2.75) is 25.7 Å². The zero-order valence-corrected chi connectivity index (χ0v) is 19.9. The molecule has 27 heavy (non-hydrogen) atoms. The summed E-state index contributed by atoms with van der Waals surface area (Å²) >= 11 is 2.21. The van der Waals surface area contributed by atoms with Crippen molar-refractivity contribution in [3.63, 3.8) is 0 Å². The number of nitrogens with zero attached hydrogens (tertiary/aromatic N) is 4. The maximum atomic E-state index is 11.7. The van der Waals surface area contributed by atoms with Crippen LogP contribution in [0.5, 0.6) is 0 Å². The Morgan fingerprint density at radius 3 is 2.67 bits per heavy atom. The molecule has 3 heterocycles. The lowest BCUT2D eigenvalue weighted by Crippen LogP contribution is -2.40. The van der Waals surface area contributed by atoms with Gasteiger partial charge >= 0.3 is 0 Å². The Bertz CT molecular complexity index is 899. The number of halogens is 1. The van der Waals surface area contributed by atoms with E-state index in [1.54, 1.807) is 10.7 Å². The minimum Gasteiger partial charge on any atom is -0.362 e. The molecule has 2 aromatic rings. The average Bonchev–Trinajstić information content (AvgIpc) is 2.95. The van der Waals surface area contributed by atoms with Crippen molar-refractivity contribution in [1.29, 1.82) is 0 Å². The van der Waals surface area contributed by atoms with E-state index in [0.29, 0.717) is 19.8 Å². The summed E-state index contributed by atoms with van der Waals surface area (Å²) in [7, 11) is -4.03. The summed E-state index contributed by atoms with van der Waals surface area (Å²) in [5.41, 5.74) is 0.756. The van der Waals surface area contributed by atoms with Gasteiger partial charge in [0, 0.05) is 33.8 Å². The first-order valence-corrected chi connectivity index (χ1v) is 15.6. The fourth-order valence-corrected chi connectivity index (χ4v) is 5.16. The van der Waals surface area contributed by atoms with Crippen LogP contribution in [0.4, 0.5) is 11.6 Å². The van der Waals surface area contributed by atoms with E-state index < -0.39 is 17.9 Å². The normalized spacial score (nSPS) is 17.4. The Kier molecular flexibility index (Phi) is 6.33. The van der Waals surface area contributed by atoms with Crippen molar-refractivity contribution in [3.05, 3.63) is 15.8 Å². The Labute approximate surface area is 174 Å². The van der Waals surface area contributed by atoms with Gasteiger partial charge in [-0.25, -0.2) is 13.4 Å². The van der Waals surface area contributed by atoms with Crippen LogP contribution in [0.1, 0.15) is 0 Å². The predicted molar refractivity (Wildman–Crippen MR) is 119 cm³/mol. The van der Waals surface area contributed by atoms with Crippen LogP contribution in [0.3, 0.4) is 0 Å². The van der Waals surface area contributed by atoms with Gasteiger partial charge in [-0.05, 0) is 28.6 Å². The van der Waals surface area contributed by atoms with Crippen molar-refractivity contribution in [3.8, 4) is 0 Å². The predicted octanol–water partition coefficient (Wildman–Crippen LogP) is 2.29. The molecule has 1 fully saturated rings. The third-order valence-corrected chi connectivity index (χ3v) is 8.51. The third kappa shape index (κ3) is 5.54. The van der Waals surface area contributed by atoms with Gasteiger partial charge in [0.1, 0.15) is 18.4 Å². The summed E-state index contributed by atoms with van der Waals surface area (Å²) in [5.74, 6) is 1.89. The van der Waals surface area contributed by atoms with Gasteiger partial charge in [0.2, 0.25) is 0 Å². The van der Waals surface area contributed by atoms with Crippen LogP contribution in [-0.4, -0.2) is 69.0 Å². The molecule has 0 amide bonds. The molecule has 0 aromatic carbocycles. The summed E-state index contributed by atoms with van der Waals surface area (Å²) in [6.07, 6.45) is 1.77. The Morgan fingerprint density at radius 2 is 2.00 bits per heavy atom. The molecular weight excluding hydrogens is 497 g/mol. The van der Waals surface area contributed by atoms with Gasteiger partial charge in [-0.15, -0.1) is 0 Å². The number of aromatic nitrogens is 3. The zero-order valence-electron chi connectivity index (χ0n) is 15.9. The van der Waals surface area contributed by atoms with E-state index in [4.69, 9.17) is 9.72 Å². The van der Waals surface area contributed by atoms with Crippen molar-refractivity contribution >= 4 is 57.8 Å². The highest BCUT2D eigenvalue weighted by molar-refractivity contribution is 14.1. The van der Waals surface area contributed by atoms with E-state index in [0.717, 1.165) is 33.5 Å². The largest absolute Gasteiger partial charge is 0.362 e. The molecule has 0 spiro atoms. The van der Waals surface area contributed by atoms with Crippen LogP contribution in [0.15, 0.2) is 12.3 Å². The lowest BCUT2D eigenvalue weighted by atomic mass is 10.4. The van der Waals surface area contributed by atoms with E-state index in [1.807, 2.05) is 11.0 Å². The van der Waals surface area contributed by atoms with Gasteiger partial charge in [-0.1, -0.05) is 19.6 Å². The summed E-state index contributed by atoms with van der Waals surface area (Å²) in [5, 5.41) is 7.68. The number of hydrogen-bond acceptors (Lipinski definition) is 7. The number of fused-ring (bicyclic) bond motifs is 1. The molecule has 1 aliphatic rings. The summed E-state index contributed by atoms with van der Waals surface area (Å²) in [4.78, 5) is 6.71. The first kappa shape index (κ1) is 20.8. The molecule has 0 saturated carbocycles. The van der Waals surface area contributed by atoms with Gasteiger partial charge < -0.3 is 15.0 Å². The highest BCUT2D eigenvalue weighted by atomic mass is 127. The van der Waals surface area contributed by atoms with Crippen molar-refractivity contribution in [2.75, 3.05) is 48.1 Å². The van der Waals surface area contributed by atoms with Crippen LogP contribution < -0.4 is 10.2 Å². The number of rotatable bonds is 7. The summed E-state index contributed by atoms with van der Waals surface area (Å²) in [6, 6.07) is 3.03. The zero-order chi connectivity index (χ0) is 19.7.